The minimum atomic E-state index is -4.55. The van der Waals surface area contributed by atoms with Crippen molar-refractivity contribution >= 4 is 23.1 Å². The highest BCUT2D eigenvalue weighted by Crippen LogP contribution is 2.34. The lowest BCUT2D eigenvalue weighted by Crippen LogP contribution is -2.58. The number of benzene rings is 2. The van der Waals surface area contributed by atoms with Gasteiger partial charge in [-0.1, -0.05) is 50.1 Å². The molecule has 2 aromatic carbocycles. The molecule has 0 radical (unpaired) electrons. The van der Waals surface area contributed by atoms with Crippen molar-refractivity contribution in [3.63, 3.8) is 0 Å². The summed E-state index contributed by atoms with van der Waals surface area (Å²) in [6.45, 7) is 6.21. The van der Waals surface area contributed by atoms with E-state index in [-0.39, 0.29) is 29.4 Å². The monoisotopic (exact) mass is 598 g/mol. The van der Waals surface area contributed by atoms with Crippen LogP contribution in [0.3, 0.4) is 0 Å². The number of Topliss-reactive ketones (excluding diaryl/α,β-unsaturated/α-hetero) is 1. The van der Waals surface area contributed by atoms with Gasteiger partial charge in [-0.3, -0.25) is 4.79 Å². The lowest BCUT2D eigenvalue weighted by atomic mass is 9.82. The summed E-state index contributed by atoms with van der Waals surface area (Å²) in [6.07, 6.45) is 0.488. The molecule has 1 aromatic heterocycles. The fraction of sp³-hybridized carbons (Fsp3) is 0.419. The molecule has 42 heavy (non-hydrogen) atoms. The van der Waals surface area contributed by atoms with E-state index in [9.17, 15) is 18.0 Å². The van der Waals surface area contributed by atoms with Crippen LogP contribution in [-0.2, 0) is 30.5 Å². The molecule has 3 aromatic rings. The van der Waals surface area contributed by atoms with E-state index in [4.69, 9.17) is 23.2 Å². The van der Waals surface area contributed by atoms with Crippen molar-refractivity contribution < 1.29 is 18.0 Å². The van der Waals surface area contributed by atoms with Crippen LogP contribution < -0.4 is 11.1 Å². The lowest BCUT2D eigenvalue weighted by molar-refractivity contribution is -0.138. The summed E-state index contributed by atoms with van der Waals surface area (Å²) in [7, 11) is 0. The molecule has 0 fully saturated rings. The number of carbonyl (C=O) groups excluding carboxylic acids is 1. The maximum Gasteiger partial charge on any atom is 0.416 e. The predicted octanol–water partition coefficient (Wildman–Crippen LogP) is 5.81. The first-order valence-corrected chi connectivity index (χ1v) is 14.3. The Bertz CT molecular complexity index is 1390. The molecule has 0 aliphatic rings. The molecule has 0 amide bonds. The second-order valence-electron chi connectivity index (χ2n) is 10.8. The first-order valence-electron chi connectivity index (χ1n) is 13.8. The molecule has 0 aliphatic carbocycles. The van der Waals surface area contributed by atoms with Gasteiger partial charge in [0.2, 0.25) is 0 Å². The van der Waals surface area contributed by atoms with Crippen LogP contribution >= 0.6 is 12.2 Å². The number of alkyl halides is 3. The highest BCUT2D eigenvalue weighted by molar-refractivity contribution is 7.80. The summed E-state index contributed by atoms with van der Waals surface area (Å²) >= 11 is 5.63. The van der Waals surface area contributed by atoms with E-state index in [2.05, 4.69) is 23.3 Å². The summed E-state index contributed by atoms with van der Waals surface area (Å²) in [4.78, 5) is 19.4. The Labute approximate surface area is 250 Å². The standard InChI is InChI=1S/C31H37F3N6OS/c1-4-5-8-15-38-29(42)40(20-24-9-6-7-10-26(24)31(32,33)34)28(36)30(2,3)27(41)16-25-18-37-21-39(25)19-23-13-11-22(17-35)12-14-23/h6-7,9-14,18,21,28H,4-5,8,15-16,19-20,36H2,1-3H3,(H,38,42). The first kappa shape index (κ1) is 32.8. The van der Waals surface area contributed by atoms with Gasteiger partial charge in [0.15, 0.2) is 5.11 Å². The van der Waals surface area contributed by atoms with Crippen molar-refractivity contribution in [2.45, 2.75) is 71.9 Å². The van der Waals surface area contributed by atoms with Gasteiger partial charge >= 0.3 is 6.18 Å². The second-order valence-corrected chi connectivity index (χ2v) is 11.2. The van der Waals surface area contributed by atoms with Crippen LogP contribution in [0.5, 0.6) is 0 Å². The molecule has 11 heteroatoms. The molecule has 0 spiro atoms. The first-order chi connectivity index (χ1) is 19.9. The zero-order valence-electron chi connectivity index (χ0n) is 24.1. The van der Waals surface area contributed by atoms with E-state index >= 15 is 0 Å². The number of ketones is 1. The SMILES string of the molecule is CCCCCNC(=S)N(Cc1ccccc1C(F)(F)F)C(N)C(C)(C)C(=O)Cc1cncn1Cc1ccc(C#N)cc1. The molecule has 0 bridgehead atoms. The van der Waals surface area contributed by atoms with Gasteiger partial charge < -0.3 is 20.5 Å². The summed E-state index contributed by atoms with van der Waals surface area (Å²) < 4.78 is 43.3. The van der Waals surface area contributed by atoms with Gasteiger partial charge in [0.25, 0.3) is 0 Å². The zero-order chi connectivity index (χ0) is 30.9. The van der Waals surface area contributed by atoms with Crippen molar-refractivity contribution in [1.29, 1.82) is 5.26 Å². The Morgan fingerprint density at radius 2 is 1.86 bits per heavy atom. The maximum absolute atomic E-state index is 13.8. The van der Waals surface area contributed by atoms with Crippen molar-refractivity contribution in [2.24, 2.45) is 11.1 Å². The molecular weight excluding hydrogens is 561 g/mol. The third kappa shape index (κ3) is 8.39. The van der Waals surface area contributed by atoms with Crippen LogP contribution in [0.25, 0.3) is 0 Å². The average molecular weight is 599 g/mol. The van der Waals surface area contributed by atoms with Crippen LogP contribution in [0.4, 0.5) is 13.2 Å². The molecule has 1 heterocycles. The number of rotatable bonds is 13. The van der Waals surface area contributed by atoms with E-state index in [1.807, 2.05) is 16.7 Å². The molecule has 1 atom stereocenters. The number of nitrogens with one attached hydrogen (secondary N) is 1. The summed E-state index contributed by atoms with van der Waals surface area (Å²) in [5, 5.41) is 12.4. The topological polar surface area (TPSA) is 100.0 Å². The minimum Gasteiger partial charge on any atom is -0.363 e. The largest absolute Gasteiger partial charge is 0.416 e. The smallest absolute Gasteiger partial charge is 0.363 e. The second kappa shape index (κ2) is 14.4. The molecule has 7 nitrogen and oxygen atoms in total. The van der Waals surface area contributed by atoms with Crippen molar-refractivity contribution in [3.05, 3.63) is 89.0 Å². The van der Waals surface area contributed by atoms with Crippen LogP contribution in [0.1, 0.15) is 68.0 Å². The third-order valence-electron chi connectivity index (χ3n) is 7.35. The van der Waals surface area contributed by atoms with Gasteiger partial charge in [-0.25, -0.2) is 4.98 Å². The molecule has 0 saturated heterocycles. The third-order valence-corrected chi connectivity index (χ3v) is 7.73. The highest BCUT2D eigenvalue weighted by atomic mass is 32.1. The number of thiocarbonyl (C=S) groups is 1. The number of hydrogen-bond donors (Lipinski definition) is 2. The highest BCUT2D eigenvalue weighted by Gasteiger charge is 2.40. The normalized spacial score (nSPS) is 12.4. The lowest BCUT2D eigenvalue weighted by Gasteiger charge is -2.40. The number of carbonyl (C=O) groups is 1. The molecule has 0 saturated carbocycles. The number of halogens is 3. The predicted molar refractivity (Wildman–Crippen MR) is 160 cm³/mol. The number of unbranched alkanes of at least 4 members (excludes halogenated alkanes) is 2. The quantitative estimate of drug-likeness (QED) is 0.146. The molecular formula is C31H37F3N6OS. The number of imidazole rings is 1. The van der Waals surface area contributed by atoms with E-state index in [0.29, 0.717) is 24.3 Å². The van der Waals surface area contributed by atoms with Gasteiger partial charge in [-0.2, -0.15) is 18.4 Å². The fourth-order valence-electron chi connectivity index (χ4n) is 4.55. The van der Waals surface area contributed by atoms with Gasteiger partial charge in [0, 0.05) is 37.9 Å². The summed E-state index contributed by atoms with van der Waals surface area (Å²) in [5.41, 5.74) is 6.91. The summed E-state index contributed by atoms with van der Waals surface area (Å²) in [5.74, 6) is -0.209. The van der Waals surface area contributed by atoms with Crippen molar-refractivity contribution in [2.75, 3.05) is 6.54 Å². The van der Waals surface area contributed by atoms with E-state index in [1.165, 1.54) is 23.1 Å². The molecule has 224 valence electrons. The zero-order valence-corrected chi connectivity index (χ0v) is 24.9. The minimum absolute atomic E-state index is 0.0145. The van der Waals surface area contributed by atoms with E-state index < -0.39 is 23.3 Å². The van der Waals surface area contributed by atoms with Crippen molar-refractivity contribution in [1.82, 2.24) is 19.8 Å². The molecule has 3 rings (SSSR count). The van der Waals surface area contributed by atoms with E-state index in [0.717, 1.165) is 30.9 Å². The average Bonchev–Trinajstić information content (AvgIpc) is 3.39. The van der Waals surface area contributed by atoms with Crippen LogP contribution in [0, 0.1) is 16.7 Å². The fourth-order valence-corrected chi connectivity index (χ4v) is 4.83. The van der Waals surface area contributed by atoms with Crippen LogP contribution in [0.2, 0.25) is 0 Å². The Kier molecular flexibility index (Phi) is 11.3. The van der Waals surface area contributed by atoms with Gasteiger partial charge in [-0.15, -0.1) is 0 Å². The van der Waals surface area contributed by atoms with Gasteiger partial charge in [-0.05, 0) is 61.8 Å². The van der Waals surface area contributed by atoms with Crippen LogP contribution in [0.15, 0.2) is 61.1 Å². The van der Waals surface area contributed by atoms with Gasteiger partial charge in [0.1, 0.15) is 5.78 Å². The molecule has 3 N–H and O–H groups in total. The Balaban J connectivity index is 1.84. The molecule has 0 aliphatic heterocycles. The number of nitrogens with two attached hydrogens (primary N) is 1. The Hall–Kier alpha value is -3.75. The van der Waals surface area contributed by atoms with Crippen molar-refractivity contribution in [3.8, 4) is 6.07 Å². The Morgan fingerprint density at radius 3 is 2.50 bits per heavy atom. The number of aromatic nitrogens is 2. The van der Waals surface area contributed by atoms with E-state index in [1.54, 1.807) is 38.5 Å². The van der Waals surface area contributed by atoms with Gasteiger partial charge in [0.05, 0.1) is 35.1 Å². The van der Waals surface area contributed by atoms with Crippen LogP contribution in [-0.4, -0.2) is 38.1 Å². The summed E-state index contributed by atoms with van der Waals surface area (Å²) in [6, 6.07) is 14.5. The Morgan fingerprint density at radius 1 is 1.17 bits per heavy atom. The maximum atomic E-state index is 13.8. The number of nitrogens with zero attached hydrogens (tertiary/aromatic N) is 4. The molecule has 1 unspecified atom stereocenters. The number of nitriles is 1. The number of hydrogen-bond acceptors (Lipinski definition) is 5.